The van der Waals surface area contributed by atoms with Gasteiger partial charge >= 0.3 is 5.97 Å². The van der Waals surface area contributed by atoms with E-state index in [0.29, 0.717) is 6.54 Å². The maximum Gasteiger partial charge on any atom is 0.374 e. The fourth-order valence-corrected chi connectivity index (χ4v) is 2.16. The molecule has 0 fully saturated rings. The molecule has 7 nitrogen and oxygen atoms in total. The third kappa shape index (κ3) is 5.19. The van der Waals surface area contributed by atoms with Gasteiger partial charge in [0.05, 0.1) is 7.11 Å². The van der Waals surface area contributed by atoms with E-state index in [1.165, 1.54) is 19.2 Å². The number of likely N-dealkylation sites (N-methyl/N-ethyl adjacent to an activating group) is 1. The maximum atomic E-state index is 11.7. The Morgan fingerprint density at radius 1 is 1.37 bits per heavy atom. The predicted octanol–water partition coefficient (Wildman–Crippen LogP) is 0.376. The van der Waals surface area contributed by atoms with Gasteiger partial charge in [0.25, 0.3) is 10.0 Å². The van der Waals surface area contributed by atoms with Gasteiger partial charge in [-0.1, -0.05) is 6.92 Å². The first-order chi connectivity index (χ1) is 8.51. The molecule has 0 amide bonds. The molecule has 1 rings (SSSR count). The van der Waals surface area contributed by atoms with Crippen LogP contribution < -0.4 is 10.0 Å². The number of carbonyl (C=O) groups is 1. The first-order valence-corrected chi connectivity index (χ1v) is 6.88. The molecule has 0 bridgehead atoms. The minimum Gasteiger partial charge on any atom is -0.463 e. The molecule has 0 aliphatic carbocycles. The Morgan fingerprint density at radius 2 is 2.05 bits per heavy atom. The van der Waals surface area contributed by atoms with E-state index in [2.05, 4.69) is 14.8 Å². The molecule has 2 N–H and O–H groups in total. The van der Waals surface area contributed by atoms with Gasteiger partial charge in [0.1, 0.15) is 0 Å². The molecule has 9 heteroatoms. The number of furan rings is 1. The van der Waals surface area contributed by atoms with Crippen molar-refractivity contribution in [1.82, 2.24) is 10.0 Å². The second-order valence-corrected chi connectivity index (χ2v) is 5.06. The zero-order valence-corrected chi connectivity index (χ0v) is 12.3. The molecule has 19 heavy (non-hydrogen) atoms. The van der Waals surface area contributed by atoms with Gasteiger partial charge in [0.2, 0.25) is 10.9 Å². The lowest BCUT2D eigenvalue weighted by molar-refractivity contribution is 0.0559. The number of hydrogen-bond acceptors (Lipinski definition) is 6. The van der Waals surface area contributed by atoms with Gasteiger partial charge in [0.15, 0.2) is 0 Å². The molecule has 110 valence electrons. The van der Waals surface area contributed by atoms with E-state index >= 15 is 0 Å². The molecule has 1 aromatic rings. The number of carbonyl (C=O) groups excluding carboxylic acids is 1. The number of halogens is 1. The normalized spacial score (nSPS) is 10.8. The minimum atomic E-state index is -3.73. The lowest BCUT2D eigenvalue weighted by atomic mass is 10.5. The molecule has 0 radical (unpaired) electrons. The lowest BCUT2D eigenvalue weighted by Gasteiger charge is -2.04. The molecule has 0 aromatic carbocycles. The van der Waals surface area contributed by atoms with Gasteiger partial charge in [-0.25, -0.2) is 17.9 Å². The number of hydrogen-bond donors (Lipinski definition) is 2. The largest absolute Gasteiger partial charge is 0.463 e. The third-order valence-corrected chi connectivity index (χ3v) is 3.41. The number of sulfonamides is 1. The average molecular weight is 313 g/mol. The number of rotatable bonds is 7. The smallest absolute Gasteiger partial charge is 0.374 e. The van der Waals surface area contributed by atoms with E-state index in [4.69, 9.17) is 4.42 Å². The van der Waals surface area contributed by atoms with Crippen LogP contribution in [0.5, 0.6) is 0 Å². The summed E-state index contributed by atoms with van der Waals surface area (Å²) in [5.41, 5.74) is 0. The summed E-state index contributed by atoms with van der Waals surface area (Å²) in [6, 6.07) is 2.46. The highest BCUT2D eigenvalue weighted by Gasteiger charge is 2.20. The second kappa shape index (κ2) is 8.16. The second-order valence-electron chi connectivity index (χ2n) is 3.36. The number of ether oxygens (including phenoxy) is 1. The predicted molar refractivity (Wildman–Crippen MR) is 71.0 cm³/mol. The van der Waals surface area contributed by atoms with E-state index in [1.807, 2.05) is 6.92 Å². The van der Waals surface area contributed by atoms with Crippen molar-refractivity contribution in [2.75, 3.05) is 26.7 Å². The van der Waals surface area contributed by atoms with Crippen LogP contribution in [0.3, 0.4) is 0 Å². The average Bonchev–Trinajstić information content (AvgIpc) is 2.84. The summed E-state index contributed by atoms with van der Waals surface area (Å²) >= 11 is 0. The highest BCUT2D eigenvalue weighted by molar-refractivity contribution is 7.89. The highest BCUT2D eigenvalue weighted by atomic mass is 35.5. The monoisotopic (exact) mass is 312 g/mol. The van der Waals surface area contributed by atoms with Crippen LogP contribution in [0.2, 0.25) is 0 Å². The Kier molecular flexibility index (Phi) is 7.69. The van der Waals surface area contributed by atoms with Gasteiger partial charge in [-0.2, -0.15) is 0 Å². The highest BCUT2D eigenvalue weighted by Crippen LogP contribution is 2.14. The summed E-state index contributed by atoms with van der Waals surface area (Å²) in [7, 11) is -2.54. The van der Waals surface area contributed by atoms with Crippen molar-refractivity contribution in [3.05, 3.63) is 17.9 Å². The van der Waals surface area contributed by atoms with Crippen LogP contribution >= 0.6 is 12.4 Å². The lowest BCUT2D eigenvalue weighted by Crippen LogP contribution is -2.31. The van der Waals surface area contributed by atoms with Crippen molar-refractivity contribution in [2.24, 2.45) is 0 Å². The van der Waals surface area contributed by atoms with Crippen LogP contribution in [0.25, 0.3) is 0 Å². The summed E-state index contributed by atoms with van der Waals surface area (Å²) in [5.74, 6) is -0.867. The Balaban J connectivity index is 0.00000324. The van der Waals surface area contributed by atoms with Crippen molar-refractivity contribution in [3.63, 3.8) is 0 Å². The van der Waals surface area contributed by atoms with Crippen LogP contribution in [0.4, 0.5) is 0 Å². The van der Waals surface area contributed by atoms with Crippen molar-refractivity contribution in [1.29, 1.82) is 0 Å². The van der Waals surface area contributed by atoms with Crippen LogP contribution in [-0.2, 0) is 14.8 Å². The zero-order valence-electron chi connectivity index (χ0n) is 10.6. The molecule has 1 aromatic heterocycles. The molecule has 0 saturated heterocycles. The van der Waals surface area contributed by atoms with Crippen LogP contribution in [0.1, 0.15) is 17.5 Å². The van der Waals surface area contributed by atoms with E-state index in [-0.39, 0.29) is 29.8 Å². The summed E-state index contributed by atoms with van der Waals surface area (Å²) in [6.07, 6.45) is 0. The first-order valence-electron chi connectivity index (χ1n) is 5.39. The topological polar surface area (TPSA) is 97.6 Å². The van der Waals surface area contributed by atoms with E-state index in [9.17, 15) is 13.2 Å². The zero-order chi connectivity index (χ0) is 13.6. The Bertz CT molecular complexity index is 500. The summed E-state index contributed by atoms with van der Waals surface area (Å²) in [5, 5.41) is 2.67. The van der Waals surface area contributed by atoms with Gasteiger partial charge < -0.3 is 14.5 Å². The van der Waals surface area contributed by atoms with E-state index < -0.39 is 16.0 Å². The minimum absolute atomic E-state index is 0. The SMILES string of the molecule is CCNCCNS(=O)(=O)c1ccc(C(=O)OC)o1.Cl. The van der Waals surface area contributed by atoms with Crippen LogP contribution in [0.15, 0.2) is 21.6 Å². The molecule has 0 unspecified atom stereocenters. The van der Waals surface area contributed by atoms with Crippen LogP contribution in [-0.4, -0.2) is 41.1 Å². The number of methoxy groups -OCH3 is 1. The number of esters is 1. The molecule has 0 spiro atoms. The molecular weight excluding hydrogens is 296 g/mol. The first kappa shape index (κ1) is 17.9. The summed E-state index contributed by atoms with van der Waals surface area (Å²) in [4.78, 5) is 11.1. The van der Waals surface area contributed by atoms with E-state index in [1.54, 1.807) is 0 Å². The van der Waals surface area contributed by atoms with Crippen molar-refractivity contribution < 1.29 is 22.4 Å². The molecule has 0 atom stereocenters. The molecule has 1 heterocycles. The Hall–Kier alpha value is -1.09. The van der Waals surface area contributed by atoms with Crippen molar-refractivity contribution >= 4 is 28.4 Å². The summed E-state index contributed by atoms with van der Waals surface area (Å²) < 4.78 is 35.1. The maximum absolute atomic E-state index is 11.7. The van der Waals surface area contributed by atoms with Gasteiger partial charge in [-0.3, -0.25) is 0 Å². The Morgan fingerprint density at radius 3 is 2.63 bits per heavy atom. The van der Waals surface area contributed by atoms with Crippen LogP contribution in [0, 0.1) is 0 Å². The quantitative estimate of drug-likeness (QED) is 0.558. The Labute approximate surface area is 118 Å². The van der Waals surface area contributed by atoms with Crippen molar-refractivity contribution in [2.45, 2.75) is 12.0 Å². The van der Waals surface area contributed by atoms with Gasteiger partial charge in [-0.05, 0) is 18.7 Å². The molecule has 0 aliphatic rings. The van der Waals surface area contributed by atoms with Gasteiger partial charge in [-0.15, -0.1) is 12.4 Å². The standard InChI is InChI=1S/C10H16N2O5S.ClH/c1-3-11-6-7-12-18(14,15)9-5-4-8(17-9)10(13)16-2;/h4-5,11-12H,3,6-7H2,1-2H3;1H. The van der Waals surface area contributed by atoms with E-state index in [0.717, 1.165) is 6.54 Å². The van der Waals surface area contributed by atoms with Gasteiger partial charge in [0, 0.05) is 13.1 Å². The fourth-order valence-electron chi connectivity index (χ4n) is 1.20. The molecule has 0 saturated carbocycles. The molecule has 0 aliphatic heterocycles. The number of nitrogens with one attached hydrogen (secondary N) is 2. The molecular formula is C10H17ClN2O5S. The summed E-state index contributed by atoms with van der Waals surface area (Å²) in [6.45, 7) is 3.43. The van der Waals surface area contributed by atoms with Crippen molar-refractivity contribution in [3.8, 4) is 0 Å². The third-order valence-electron chi connectivity index (χ3n) is 2.08. The fraction of sp³-hybridized carbons (Fsp3) is 0.500.